The Hall–Kier alpha value is -0.370. The number of hydrogen-bond donors (Lipinski definition) is 2. The van der Waals surface area contributed by atoms with Gasteiger partial charge in [-0.2, -0.15) is 18.7 Å². The van der Waals surface area contributed by atoms with Crippen LogP contribution in [0.4, 0.5) is 13.2 Å². The second-order valence-electron chi connectivity index (χ2n) is 3.33. The molecule has 0 aliphatic carbocycles. The Kier molecular flexibility index (Phi) is 8.54. The second-order valence-corrected chi connectivity index (χ2v) is 3.33. The lowest BCUT2D eigenvalue weighted by Gasteiger charge is -2.13. The van der Waals surface area contributed by atoms with E-state index in [2.05, 4.69) is 4.84 Å². The summed E-state index contributed by atoms with van der Waals surface area (Å²) in [5, 5.41) is 9.23. The predicted octanol–water partition coefficient (Wildman–Crippen LogP) is 1.25. The maximum absolute atomic E-state index is 11.6. The van der Waals surface area contributed by atoms with Gasteiger partial charge in [0.15, 0.2) is 6.61 Å². The molecule has 4 nitrogen and oxygen atoms in total. The van der Waals surface area contributed by atoms with E-state index in [9.17, 15) is 18.3 Å². The molecule has 0 fully saturated rings. The number of unbranched alkanes of at least 4 members (excludes halogenated alkanes) is 1. The van der Waals surface area contributed by atoms with Gasteiger partial charge in [-0.25, -0.2) is 0 Å². The quantitative estimate of drug-likeness (QED) is 0.474. The number of aliphatic hydroxyl groups excluding tert-OH is 1. The lowest BCUT2D eigenvalue weighted by molar-refractivity contribution is -0.191. The molecule has 0 saturated carbocycles. The third kappa shape index (κ3) is 11.7. The smallest absolute Gasteiger partial charge is 0.389 e. The fraction of sp³-hybridized carbons (Fsp3) is 1.00. The average molecular weight is 245 g/mol. The van der Waals surface area contributed by atoms with Crippen LogP contribution in [0.3, 0.4) is 0 Å². The first-order valence-corrected chi connectivity index (χ1v) is 5.13. The molecule has 0 aromatic rings. The van der Waals surface area contributed by atoms with E-state index >= 15 is 0 Å². The Balaban J connectivity index is 3.27. The summed E-state index contributed by atoms with van der Waals surface area (Å²) in [4.78, 5) is 4.11. The van der Waals surface area contributed by atoms with E-state index in [-0.39, 0.29) is 13.2 Å². The number of hydrogen-bond acceptors (Lipinski definition) is 4. The van der Waals surface area contributed by atoms with Gasteiger partial charge in [0.05, 0.1) is 12.7 Å². The highest BCUT2D eigenvalue weighted by Gasteiger charge is 2.27. The van der Waals surface area contributed by atoms with Crippen LogP contribution < -0.4 is 5.48 Å². The van der Waals surface area contributed by atoms with Crippen molar-refractivity contribution >= 4 is 0 Å². The van der Waals surface area contributed by atoms with E-state index in [4.69, 9.17) is 4.74 Å². The first-order valence-electron chi connectivity index (χ1n) is 5.13. The Labute approximate surface area is 92.7 Å². The first kappa shape index (κ1) is 15.6. The van der Waals surface area contributed by atoms with Crippen molar-refractivity contribution < 1.29 is 27.9 Å². The van der Waals surface area contributed by atoms with Gasteiger partial charge in [-0.15, -0.1) is 0 Å². The van der Waals surface area contributed by atoms with Crippen LogP contribution in [0.5, 0.6) is 0 Å². The van der Waals surface area contributed by atoms with Crippen LogP contribution in [0, 0.1) is 0 Å². The Morgan fingerprint density at radius 2 is 2.06 bits per heavy atom. The number of nitrogens with one attached hydrogen (secondary N) is 1. The highest BCUT2D eigenvalue weighted by Crippen LogP contribution is 2.13. The van der Waals surface area contributed by atoms with Crippen LogP contribution >= 0.6 is 0 Å². The van der Waals surface area contributed by atoms with Gasteiger partial charge in [-0.3, -0.25) is 4.84 Å². The predicted molar refractivity (Wildman–Crippen MR) is 51.7 cm³/mol. The number of hydroxylamine groups is 1. The minimum absolute atomic E-state index is 0.0857. The molecule has 0 spiro atoms. The van der Waals surface area contributed by atoms with Gasteiger partial charge < -0.3 is 9.84 Å². The van der Waals surface area contributed by atoms with Crippen molar-refractivity contribution in [2.75, 3.05) is 26.4 Å². The fourth-order valence-electron chi connectivity index (χ4n) is 0.813. The summed E-state index contributed by atoms with van der Waals surface area (Å²) in [7, 11) is 0. The van der Waals surface area contributed by atoms with Gasteiger partial charge in [0.25, 0.3) is 0 Å². The molecule has 0 heterocycles. The normalized spacial score (nSPS) is 14.1. The third-order valence-electron chi connectivity index (χ3n) is 1.61. The molecule has 0 aromatic heterocycles. The SMILES string of the molecule is CCCCOCC(O)CNOCC(F)(F)F. The standard InChI is InChI=1S/C9H18F3NO3/c1-2-3-4-15-6-8(14)5-13-16-7-9(10,11)12/h8,13-14H,2-7H2,1H3. The summed E-state index contributed by atoms with van der Waals surface area (Å²) in [6, 6.07) is 0. The first-order chi connectivity index (χ1) is 7.45. The van der Waals surface area contributed by atoms with Gasteiger partial charge in [-0.1, -0.05) is 13.3 Å². The lowest BCUT2D eigenvalue weighted by atomic mass is 10.3. The molecular weight excluding hydrogens is 227 g/mol. The zero-order chi connectivity index (χ0) is 12.4. The average Bonchev–Trinajstić information content (AvgIpc) is 2.18. The highest BCUT2D eigenvalue weighted by molar-refractivity contribution is 4.54. The summed E-state index contributed by atoms with van der Waals surface area (Å²) < 4.78 is 39.9. The van der Waals surface area contributed by atoms with Crippen molar-refractivity contribution in [3.8, 4) is 0 Å². The molecule has 0 saturated heterocycles. The second kappa shape index (κ2) is 8.74. The van der Waals surface area contributed by atoms with E-state index in [1.807, 2.05) is 12.4 Å². The van der Waals surface area contributed by atoms with Crippen LogP contribution in [0.1, 0.15) is 19.8 Å². The molecule has 98 valence electrons. The number of rotatable bonds is 9. The molecule has 0 amide bonds. The molecule has 1 atom stereocenters. The molecule has 7 heteroatoms. The van der Waals surface area contributed by atoms with Crippen molar-refractivity contribution in [2.24, 2.45) is 0 Å². The highest BCUT2D eigenvalue weighted by atomic mass is 19.4. The minimum atomic E-state index is -4.37. The van der Waals surface area contributed by atoms with Crippen molar-refractivity contribution in [2.45, 2.75) is 32.0 Å². The van der Waals surface area contributed by atoms with Crippen LogP contribution in [-0.4, -0.2) is 43.8 Å². The van der Waals surface area contributed by atoms with Crippen molar-refractivity contribution in [3.63, 3.8) is 0 Å². The summed E-state index contributed by atoms with van der Waals surface area (Å²) in [6.07, 6.45) is -3.35. The summed E-state index contributed by atoms with van der Waals surface area (Å²) in [5.41, 5.74) is 2.03. The molecule has 0 aliphatic heterocycles. The maximum atomic E-state index is 11.6. The number of alkyl halides is 3. The summed E-state index contributed by atoms with van der Waals surface area (Å²) in [5.74, 6) is 0. The molecule has 0 radical (unpaired) electrons. The number of aliphatic hydroxyl groups is 1. The van der Waals surface area contributed by atoms with Crippen molar-refractivity contribution in [1.29, 1.82) is 0 Å². The molecule has 2 N–H and O–H groups in total. The van der Waals surface area contributed by atoms with Gasteiger partial charge in [-0.05, 0) is 6.42 Å². The summed E-state index contributed by atoms with van der Waals surface area (Å²) >= 11 is 0. The molecule has 0 bridgehead atoms. The Morgan fingerprint density at radius 1 is 1.38 bits per heavy atom. The van der Waals surface area contributed by atoms with E-state index in [1.54, 1.807) is 0 Å². The van der Waals surface area contributed by atoms with Gasteiger partial charge in [0, 0.05) is 13.2 Å². The van der Waals surface area contributed by atoms with Crippen LogP contribution in [0.25, 0.3) is 0 Å². The monoisotopic (exact) mass is 245 g/mol. The van der Waals surface area contributed by atoms with E-state index in [0.29, 0.717) is 6.61 Å². The molecule has 1 unspecified atom stereocenters. The Bertz CT molecular complexity index is 167. The van der Waals surface area contributed by atoms with Crippen LogP contribution in [-0.2, 0) is 9.57 Å². The molecule has 16 heavy (non-hydrogen) atoms. The van der Waals surface area contributed by atoms with E-state index in [0.717, 1.165) is 12.8 Å². The lowest BCUT2D eigenvalue weighted by Crippen LogP contribution is -2.33. The van der Waals surface area contributed by atoms with Crippen LogP contribution in [0.2, 0.25) is 0 Å². The molecule has 0 aromatic carbocycles. The van der Waals surface area contributed by atoms with Gasteiger partial charge in [0.2, 0.25) is 0 Å². The Morgan fingerprint density at radius 3 is 2.62 bits per heavy atom. The number of halogens is 3. The largest absolute Gasteiger partial charge is 0.413 e. The molecule has 0 rings (SSSR count). The van der Waals surface area contributed by atoms with Gasteiger partial charge in [0.1, 0.15) is 0 Å². The fourth-order valence-corrected chi connectivity index (χ4v) is 0.813. The van der Waals surface area contributed by atoms with Gasteiger partial charge >= 0.3 is 6.18 Å². The summed E-state index contributed by atoms with van der Waals surface area (Å²) in [6.45, 7) is 1.16. The zero-order valence-corrected chi connectivity index (χ0v) is 9.22. The topological polar surface area (TPSA) is 50.7 Å². The zero-order valence-electron chi connectivity index (χ0n) is 9.22. The van der Waals surface area contributed by atoms with E-state index < -0.39 is 18.9 Å². The van der Waals surface area contributed by atoms with Crippen molar-refractivity contribution in [3.05, 3.63) is 0 Å². The van der Waals surface area contributed by atoms with E-state index in [1.165, 1.54) is 0 Å². The van der Waals surface area contributed by atoms with Crippen molar-refractivity contribution in [1.82, 2.24) is 5.48 Å². The molecule has 0 aliphatic rings. The maximum Gasteiger partial charge on any atom is 0.413 e. The number of ether oxygens (including phenoxy) is 1. The van der Waals surface area contributed by atoms with Crippen LogP contribution in [0.15, 0.2) is 0 Å². The third-order valence-corrected chi connectivity index (χ3v) is 1.61. The minimum Gasteiger partial charge on any atom is -0.389 e. The molecular formula is C9H18F3NO3.